The molecule has 1 N–H and O–H groups in total. The van der Waals surface area contributed by atoms with Crippen molar-refractivity contribution < 1.29 is 4.74 Å². The van der Waals surface area contributed by atoms with Crippen molar-refractivity contribution in [3.8, 4) is 5.75 Å². The Balaban J connectivity index is 2.13. The van der Waals surface area contributed by atoms with Crippen LogP contribution in [0.4, 0.5) is 0 Å². The molecular weight excluding hydrogens is 336 g/mol. The van der Waals surface area contributed by atoms with Crippen molar-refractivity contribution in [2.75, 3.05) is 7.11 Å². The maximum absolute atomic E-state index is 5.43. The van der Waals surface area contributed by atoms with Crippen LogP contribution in [0.2, 0.25) is 0 Å². The van der Waals surface area contributed by atoms with Crippen LogP contribution in [0.15, 0.2) is 46.9 Å². The van der Waals surface area contributed by atoms with Gasteiger partial charge in [-0.3, -0.25) is 0 Å². The lowest BCUT2D eigenvalue weighted by molar-refractivity contribution is 0.415. The van der Waals surface area contributed by atoms with Crippen LogP contribution >= 0.6 is 28.1 Å². The standard InChI is InChI=1S/C15H13BrN2OS/c1-19-11-6-7-13-14(8-11)18(15(20)17-13)9-10-4-2-3-5-12(10)16/h2-8H,9H2,1H3,(H,17,20). The van der Waals surface area contributed by atoms with E-state index in [9.17, 15) is 0 Å². The highest BCUT2D eigenvalue weighted by molar-refractivity contribution is 9.10. The molecule has 3 aromatic rings. The lowest BCUT2D eigenvalue weighted by Crippen LogP contribution is -2.00. The average molecular weight is 349 g/mol. The Hall–Kier alpha value is -1.59. The molecule has 0 aliphatic rings. The quantitative estimate of drug-likeness (QED) is 0.705. The van der Waals surface area contributed by atoms with E-state index in [1.54, 1.807) is 7.11 Å². The minimum atomic E-state index is 0.712. The van der Waals surface area contributed by atoms with E-state index in [2.05, 4.69) is 31.5 Å². The lowest BCUT2D eigenvalue weighted by Gasteiger charge is -2.07. The highest BCUT2D eigenvalue weighted by Gasteiger charge is 2.08. The summed E-state index contributed by atoms with van der Waals surface area (Å²) >= 11 is 9.00. The second kappa shape index (κ2) is 5.42. The number of H-pyrrole nitrogens is 1. The molecule has 5 heteroatoms. The van der Waals surface area contributed by atoms with Crippen LogP contribution in [0.1, 0.15) is 5.56 Å². The molecule has 0 amide bonds. The van der Waals surface area contributed by atoms with Crippen molar-refractivity contribution in [2.45, 2.75) is 6.54 Å². The normalized spacial score (nSPS) is 10.9. The number of fused-ring (bicyclic) bond motifs is 1. The first-order valence-electron chi connectivity index (χ1n) is 6.19. The third-order valence-electron chi connectivity index (χ3n) is 3.27. The number of nitrogens with zero attached hydrogens (tertiary/aromatic N) is 1. The van der Waals surface area contributed by atoms with Crippen LogP contribution in [0.5, 0.6) is 5.75 Å². The Kier molecular flexibility index (Phi) is 3.63. The van der Waals surface area contributed by atoms with Crippen molar-refractivity contribution >= 4 is 39.2 Å². The SMILES string of the molecule is COc1ccc2[nH]c(=S)n(Cc3ccccc3Br)c2c1. The molecule has 0 radical (unpaired) electrons. The third-order valence-corrected chi connectivity index (χ3v) is 4.36. The molecule has 0 spiro atoms. The monoisotopic (exact) mass is 348 g/mol. The summed E-state index contributed by atoms with van der Waals surface area (Å²) in [6, 6.07) is 14.1. The molecule has 0 unspecified atom stereocenters. The van der Waals surface area contributed by atoms with E-state index in [0.29, 0.717) is 11.3 Å². The van der Waals surface area contributed by atoms with Gasteiger partial charge in [0.2, 0.25) is 0 Å². The Morgan fingerprint density at radius 2 is 2.05 bits per heavy atom. The topological polar surface area (TPSA) is 29.9 Å². The maximum atomic E-state index is 5.43. The lowest BCUT2D eigenvalue weighted by atomic mass is 10.2. The highest BCUT2D eigenvalue weighted by atomic mass is 79.9. The number of methoxy groups -OCH3 is 1. The molecule has 0 saturated heterocycles. The van der Waals surface area contributed by atoms with Crippen molar-refractivity contribution in [1.82, 2.24) is 9.55 Å². The second-order valence-electron chi connectivity index (χ2n) is 4.49. The summed E-state index contributed by atoms with van der Waals surface area (Å²) in [5.74, 6) is 0.826. The summed E-state index contributed by atoms with van der Waals surface area (Å²) < 4.78 is 9.16. The summed E-state index contributed by atoms with van der Waals surface area (Å²) in [5, 5.41) is 0. The van der Waals surface area contributed by atoms with E-state index < -0.39 is 0 Å². The smallest absolute Gasteiger partial charge is 0.178 e. The molecule has 0 bridgehead atoms. The Labute approximate surface area is 130 Å². The highest BCUT2D eigenvalue weighted by Crippen LogP contribution is 2.23. The maximum Gasteiger partial charge on any atom is 0.178 e. The van der Waals surface area contributed by atoms with Crippen LogP contribution in [0, 0.1) is 4.77 Å². The van der Waals surface area contributed by atoms with E-state index in [1.807, 2.05) is 36.4 Å². The summed E-state index contributed by atoms with van der Waals surface area (Å²) in [5.41, 5.74) is 3.25. The number of ether oxygens (including phenoxy) is 1. The van der Waals surface area contributed by atoms with Gasteiger partial charge in [-0.2, -0.15) is 0 Å². The number of benzene rings is 2. The van der Waals surface area contributed by atoms with E-state index in [0.717, 1.165) is 21.3 Å². The van der Waals surface area contributed by atoms with Gasteiger partial charge in [0.15, 0.2) is 4.77 Å². The molecule has 0 aliphatic carbocycles. The molecule has 3 rings (SSSR count). The van der Waals surface area contributed by atoms with E-state index in [1.165, 1.54) is 5.56 Å². The number of nitrogens with one attached hydrogen (secondary N) is 1. The largest absolute Gasteiger partial charge is 0.497 e. The zero-order valence-electron chi connectivity index (χ0n) is 10.9. The van der Waals surface area contributed by atoms with Crippen molar-refractivity contribution in [3.63, 3.8) is 0 Å². The summed E-state index contributed by atoms with van der Waals surface area (Å²) in [6.07, 6.45) is 0. The Morgan fingerprint density at radius 1 is 1.25 bits per heavy atom. The number of imidazole rings is 1. The summed E-state index contributed by atoms with van der Waals surface area (Å²) in [4.78, 5) is 3.22. The van der Waals surface area contributed by atoms with Crippen LogP contribution in [0.3, 0.4) is 0 Å². The number of aromatic amines is 1. The third kappa shape index (κ3) is 2.39. The first-order chi connectivity index (χ1) is 9.69. The van der Waals surface area contributed by atoms with Gasteiger partial charge in [0.1, 0.15) is 5.75 Å². The zero-order chi connectivity index (χ0) is 14.1. The average Bonchev–Trinajstić information content (AvgIpc) is 2.77. The second-order valence-corrected chi connectivity index (χ2v) is 5.73. The summed E-state index contributed by atoms with van der Waals surface area (Å²) in [6.45, 7) is 0.716. The van der Waals surface area contributed by atoms with Gasteiger partial charge in [0.05, 0.1) is 24.7 Å². The Morgan fingerprint density at radius 3 is 2.80 bits per heavy atom. The molecule has 102 valence electrons. The molecule has 20 heavy (non-hydrogen) atoms. The minimum Gasteiger partial charge on any atom is -0.497 e. The number of hydrogen-bond donors (Lipinski definition) is 1. The molecular formula is C15H13BrN2OS. The number of aromatic nitrogens is 2. The molecule has 2 aromatic carbocycles. The number of hydrogen-bond acceptors (Lipinski definition) is 2. The van der Waals surface area contributed by atoms with Gasteiger partial charge in [-0.15, -0.1) is 0 Å². The van der Waals surface area contributed by atoms with Crippen molar-refractivity contribution in [1.29, 1.82) is 0 Å². The molecule has 0 aliphatic heterocycles. The fourth-order valence-electron chi connectivity index (χ4n) is 2.21. The number of halogens is 1. The molecule has 0 fully saturated rings. The Bertz CT molecular complexity index is 822. The van der Waals surface area contributed by atoms with E-state index >= 15 is 0 Å². The van der Waals surface area contributed by atoms with Gasteiger partial charge in [-0.25, -0.2) is 0 Å². The van der Waals surface area contributed by atoms with Gasteiger partial charge in [0.25, 0.3) is 0 Å². The van der Waals surface area contributed by atoms with Gasteiger partial charge >= 0.3 is 0 Å². The van der Waals surface area contributed by atoms with Crippen LogP contribution in [-0.2, 0) is 6.54 Å². The predicted octanol–water partition coefficient (Wildman–Crippen LogP) is 4.52. The summed E-state index contributed by atoms with van der Waals surface area (Å²) in [7, 11) is 1.67. The van der Waals surface area contributed by atoms with Gasteiger partial charge in [0, 0.05) is 10.5 Å². The van der Waals surface area contributed by atoms with Crippen LogP contribution in [0.25, 0.3) is 11.0 Å². The van der Waals surface area contributed by atoms with Gasteiger partial charge in [-0.1, -0.05) is 34.1 Å². The van der Waals surface area contributed by atoms with Crippen molar-refractivity contribution in [2.24, 2.45) is 0 Å². The van der Waals surface area contributed by atoms with Crippen LogP contribution < -0.4 is 4.74 Å². The van der Waals surface area contributed by atoms with E-state index in [-0.39, 0.29) is 0 Å². The first-order valence-corrected chi connectivity index (χ1v) is 7.39. The minimum absolute atomic E-state index is 0.712. The van der Waals surface area contributed by atoms with Gasteiger partial charge < -0.3 is 14.3 Å². The molecule has 1 heterocycles. The molecule has 0 atom stereocenters. The zero-order valence-corrected chi connectivity index (χ0v) is 13.3. The van der Waals surface area contributed by atoms with Crippen LogP contribution in [-0.4, -0.2) is 16.7 Å². The molecule has 1 aromatic heterocycles. The fourth-order valence-corrected chi connectivity index (χ4v) is 2.90. The molecule has 3 nitrogen and oxygen atoms in total. The number of rotatable bonds is 3. The predicted molar refractivity (Wildman–Crippen MR) is 86.9 cm³/mol. The van der Waals surface area contributed by atoms with Gasteiger partial charge in [-0.05, 0) is 36.0 Å². The first kappa shape index (κ1) is 13.4. The molecule has 0 saturated carbocycles. The van der Waals surface area contributed by atoms with E-state index in [4.69, 9.17) is 17.0 Å². The fraction of sp³-hybridized carbons (Fsp3) is 0.133. The van der Waals surface area contributed by atoms with Crippen molar-refractivity contribution in [3.05, 3.63) is 57.3 Å².